The van der Waals surface area contributed by atoms with Crippen LogP contribution in [-0.4, -0.2) is 4.98 Å². The van der Waals surface area contributed by atoms with Crippen molar-refractivity contribution >= 4 is 11.0 Å². The Balaban J connectivity index is 0.000000845. The Morgan fingerprint density at radius 3 is 2.92 bits per heavy atom. The fourth-order valence-electron chi connectivity index (χ4n) is 1.09. The Morgan fingerprint density at radius 1 is 1.38 bits per heavy atom. The maximum Gasteiger partial charge on any atom is 1.00 e. The minimum atomic E-state index is -0.213. The topological polar surface area (TPSA) is 44.1 Å². The monoisotopic (exact) mass is 244 g/mol. The van der Waals surface area contributed by atoms with Gasteiger partial charge in [-0.3, -0.25) is 4.98 Å². The van der Waals surface area contributed by atoms with Gasteiger partial charge >= 0.3 is 58.2 Å². The molecule has 0 amide bonds. The maximum absolute atomic E-state index is 10.9. The Kier molecular flexibility index (Phi) is 3.97. The van der Waals surface area contributed by atoms with Crippen LogP contribution in [0.25, 0.3) is 11.0 Å². The average molecular weight is 245 g/mol. The van der Waals surface area contributed by atoms with Crippen molar-refractivity contribution in [1.29, 1.82) is 0 Å². The molecule has 0 saturated carbocycles. The fourth-order valence-corrected chi connectivity index (χ4v) is 1.09. The molecular weight excluding hydrogens is 238 g/mol. The first-order chi connectivity index (χ1) is 5.75. The van der Waals surface area contributed by atoms with Gasteiger partial charge < -0.3 is 9.78 Å². The van der Waals surface area contributed by atoms with Crippen LogP contribution in [-0.2, 0) is 0 Å². The van der Waals surface area contributed by atoms with Crippen LogP contribution in [0.15, 0.2) is 29.2 Å². The second-order valence-electron chi connectivity index (χ2n) is 2.70. The minimum absolute atomic E-state index is 0. The summed E-state index contributed by atoms with van der Waals surface area (Å²) in [6, 6.07) is 4.96. The van der Waals surface area contributed by atoms with Crippen LogP contribution in [0.2, 0.25) is 0 Å². The zero-order valence-corrected chi connectivity index (χ0v) is 12.5. The first-order valence-corrected chi connectivity index (χ1v) is 3.66. The summed E-state index contributed by atoms with van der Waals surface area (Å²) in [5, 5.41) is 0. The standard InChI is InChI=1S/C9H8N2O.Rb/c1-6-4-8-7(10-5-6)2-3-9(12)11-8;/h2-5H,1H3,(H,11,12);/q;+1/p-1. The molecule has 0 N–H and O–H groups in total. The Morgan fingerprint density at radius 2 is 2.15 bits per heavy atom. The summed E-state index contributed by atoms with van der Waals surface area (Å²) in [5.74, 6) is 0. The van der Waals surface area contributed by atoms with Crippen LogP contribution in [0, 0.1) is 6.92 Å². The molecule has 0 aromatic carbocycles. The number of rotatable bonds is 0. The van der Waals surface area contributed by atoms with Crippen LogP contribution in [0.5, 0.6) is 0 Å². The van der Waals surface area contributed by atoms with E-state index in [0.29, 0.717) is 5.52 Å². The van der Waals surface area contributed by atoms with E-state index in [-0.39, 0.29) is 63.7 Å². The zero-order chi connectivity index (χ0) is 8.55. The quantitative estimate of drug-likeness (QED) is 0.532. The van der Waals surface area contributed by atoms with Gasteiger partial charge in [0.15, 0.2) is 0 Å². The van der Waals surface area contributed by atoms with Crippen LogP contribution in [0.3, 0.4) is 0 Å². The fraction of sp³-hybridized carbons (Fsp3) is 0.111. The van der Waals surface area contributed by atoms with Gasteiger partial charge in [0.25, 0.3) is 0 Å². The predicted molar refractivity (Wildman–Crippen MR) is 46.1 cm³/mol. The molecule has 0 aliphatic rings. The molecule has 2 aromatic heterocycles. The Labute approximate surface area is 124 Å². The molecule has 0 spiro atoms. The van der Waals surface area contributed by atoms with Gasteiger partial charge in [-0.1, -0.05) is 6.07 Å². The molecular formula is C9H7N2ORb. The van der Waals surface area contributed by atoms with E-state index in [0.717, 1.165) is 11.1 Å². The summed E-state index contributed by atoms with van der Waals surface area (Å²) in [4.78, 5) is 18.8. The molecule has 2 aromatic rings. The van der Waals surface area contributed by atoms with Crippen molar-refractivity contribution in [3.05, 3.63) is 40.3 Å². The molecule has 4 heteroatoms. The van der Waals surface area contributed by atoms with Gasteiger partial charge in [0, 0.05) is 11.7 Å². The summed E-state index contributed by atoms with van der Waals surface area (Å²) in [6.45, 7) is 1.92. The third-order valence-corrected chi connectivity index (χ3v) is 1.65. The van der Waals surface area contributed by atoms with Crippen LogP contribution in [0.1, 0.15) is 5.56 Å². The minimum Gasteiger partial charge on any atom is -0.621 e. The van der Waals surface area contributed by atoms with Crippen molar-refractivity contribution in [2.75, 3.05) is 0 Å². The molecule has 0 aliphatic heterocycles. The normalized spacial score (nSPS) is 9.62. The van der Waals surface area contributed by atoms with E-state index in [1.165, 1.54) is 6.07 Å². The summed E-state index contributed by atoms with van der Waals surface area (Å²) in [6.07, 6.45) is 1.76. The van der Waals surface area contributed by atoms with Gasteiger partial charge in [0.05, 0.1) is 5.56 Å². The summed E-state index contributed by atoms with van der Waals surface area (Å²) >= 11 is 0. The van der Waals surface area contributed by atoms with Gasteiger partial charge in [0.2, 0.25) is 0 Å². The molecule has 0 unspecified atom stereocenters. The summed E-state index contributed by atoms with van der Waals surface area (Å²) in [5.41, 5.74) is 2.23. The third-order valence-electron chi connectivity index (χ3n) is 1.65. The Bertz CT molecular complexity index is 478. The van der Waals surface area contributed by atoms with E-state index >= 15 is 0 Å². The van der Waals surface area contributed by atoms with E-state index in [1.807, 2.05) is 13.0 Å². The van der Waals surface area contributed by atoms with Gasteiger partial charge in [-0.05, 0) is 24.6 Å². The molecule has 0 radical (unpaired) electrons. The molecule has 2 rings (SSSR count). The molecule has 0 fully saturated rings. The number of nitrogens with zero attached hydrogens (tertiary/aromatic N) is 2. The van der Waals surface area contributed by atoms with Crippen LogP contribution in [0.4, 0.5) is 0 Å². The van der Waals surface area contributed by atoms with Gasteiger partial charge in [0.1, 0.15) is 0 Å². The molecule has 0 bridgehead atoms. The predicted octanol–water partition coefficient (Wildman–Crippen LogP) is -2.14. The molecule has 0 atom stereocenters. The number of hydrogen-bond donors (Lipinski definition) is 0. The van der Waals surface area contributed by atoms with Crippen molar-refractivity contribution in [1.82, 2.24) is 9.97 Å². The van der Waals surface area contributed by atoms with Crippen molar-refractivity contribution in [2.45, 2.75) is 6.92 Å². The zero-order valence-electron chi connectivity index (χ0n) is 7.61. The van der Waals surface area contributed by atoms with Crippen molar-refractivity contribution in [3.63, 3.8) is 0 Å². The van der Waals surface area contributed by atoms with Crippen LogP contribution < -0.4 is 68.7 Å². The first kappa shape index (κ1) is 11.2. The van der Waals surface area contributed by atoms with E-state index in [9.17, 15) is 4.79 Å². The Hall–Kier alpha value is 0.165. The van der Waals surface area contributed by atoms with Crippen molar-refractivity contribution in [3.8, 4) is 0 Å². The second kappa shape index (κ2) is 4.60. The maximum atomic E-state index is 10.9. The van der Waals surface area contributed by atoms with E-state index in [4.69, 9.17) is 0 Å². The van der Waals surface area contributed by atoms with Gasteiger partial charge in [-0.15, -0.1) is 5.52 Å². The SMILES string of the molecule is Cc1cnc2ccc(=O)[n-]c2c1.[Rb+]. The summed E-state index contributed by atoms with van der Waals surface area (Å²) in [7, 11) is 0. The molecule has 60 valence electrons. The number of hydrogen-bond acceptors (Lipinski definition) is 2. The number of aromatic nitrogens is 2. The third kappa shape index (κ3) is 2.56. The molecule has 13 heavy (non-hydrogen) atoms. The van der Waals surface area contributed by atoms with E-state index in [1.54, 1.807) is 12.3 Å². The van der Waals surface area contributed by atoms with Crippen molar-refractivity contribution < 1.29 is 58.2 Å². The number of fused-ring (bicyclic) bond motifs is 1. The average Bonchev–Trinajstić information content (AvgIpc) is 2.03. The molecule has 3 nitrogen and oxygen atoms in total. The van der Waals surface area contributed by atoms with Crippen LogP contribution >= 0.6 is 0 Å². The largest absolute Gasteiger partial charge is 1.00 e. The molecule has 2 heterocycles. The van der Waals surface area contributed by atoms with E-state index in [2.05, 4.69) is 9.97 Å². The summed E-state index contributed by atoms with van der Waals surface area (Å²) < 4.78 is 0. The van der Waals surface area contributed by atoms with Gasteiger partial charge in [-0.25, -0.2) is 0 Å². The first-order valence-electron chi connectivity index (χ1n) is 3.66. The number of pyridine rings is 2. The van der Waals surface area contributed by atoms with Gasteiger partial charge in [-0.2, -0.15) is 0 Å². The molecule has 0 aliphatic carbocycles. The number of aryl methyl sites for hydroxylation is 1. The second-order valence-corrected chi connectivity index (χ2v) is 2.70. The molecule has 0 saturated heterocycles. The van der Waals surface area contributed by atoms with E-state index < -0.39 is 0 Å². The smallest absolute Gasteiger partial charge is 0.621 e. The van der Waals surface area contributed by atoms with Crippen molar-refractivity contribution in [2.24, 2.45) is 0 Å².